The van der Waals surface area contributed by atoms with Crippen LogP contribution in [-0.4, -0.2) is 68.1 Å². The predicted octanol–water partition coefficient (Wildman–Crippen LogP) is 1.63. The van der Waals surface area contributed by atoms with Crippen molar-refractivity contribution in [2.45, 2.75) is 32.4 Å². The molecule has 0 unspecified atom stereocenters. The smallest absolute Gasteiger partial charge is 0.279 e. The zero-order valence-electron chi connectivity index (χ0n) is 23.9. The highest BCUT2D eigenvalue weighted by molar-refractivity contribution is 7.09. The Morgan fingerprint density at radius 3 is 2.61 bits per heavy atom. The standard InChI is InChI=1S/C29H30N8O6S/c1-16(2)22-28-35-20(15-44-28)25(40)33-18(12-17-6-4-3-5-7-17)27-34-19(14-43-27)24(39)32-10-11-37(13-21(38)36-22)29(42)23-26(41)31-9-8-30-23/h3-9,14-16,18,22H,10-13H2,1-2H3,(H,31,41)(H,32,39)(H,33,40)(H,36,38)/t18-,22-/m0/s1. The molecule has 2 atom stereocenters. The zero-order valence-corrected chi connectivity index (χ0v) is 24.7. The number of amides is 4. The van der Waals surface area contributed by atoms with Crippen LogP contribution in [0.15, 0.2) is 63.6 Å². The highest BCUT2D eigenvalue weighted by atomic mass is 32.1. The van der Waals surface area contributed by atoms with Crippen LogP contribution >= 0.6 is 11.3 Å². The number of nitrogens with one attached hydrogen (secondary N) is 4. The SMILES string of the molecule is CC(C)[C@@H]1NC(=O)CN(C(=O)c2ncc[nH]c2=O)CCNC(=O)c2coc(n2)[C@H](Cc2ccccc2)NC(=O)c2csc1n2. The Balaban J connectivity index is 1.48. The molecule has 1 aliphatic heterocycles. The van der Waals surface area contributed by atoms with Crippen LogP contribution in [0.5, 0.6) is 0 Å². The number of thiazole rings is 1. The lowest BCUT2D eigenvalue weighted by Crippen LogP contribution is -2.47. The van der Waals surface area contributed by atoms with Gasteiger partial charge in [0.1, 0.15) is 23.0 Å². The zero-order chi connectivity index (χ0) is 31.2. The Bertz CT molecular complexity index is 1720. The van der Waals surface area contributed by atoms with Crippen molar-refractivity contribution in [2.75, 3.05) is 19.6 Å². The lowest BCUT2D eigenvalue weighted by Gasteiger charge is -2.25. The minimum absolute atomic E-state index is 0.0408. The molecule has 4 N–H and O–H groups in total. The first-order chi connectivity index (χ1) is 21.2. The Morgan fingerprint density at radius 2 is 1.86 bits per heavy atom. The van der Waals surface area contributed by atoms with Gasteiger partial charge in [-0.1, -0.05) is 44.2 Å². The molecule has 4 aromatic rings. The number of hydrogen-bond acceptors (Lipinski definition) is 10. The third-order valence-electron chi connectivity index (χ3n) is 6.84. The molecule has 5 rings (SSSR count). The third kappa shape index (κ3) is 7.06. The summed E-state index contributed by atoms with van der Waals surface area (Å²) in [6.07, 6.45) is 4.06. The van der Waals surface area contributed by atoms with E-state index < -0.39 is 53.5 Å². The molecule has 0 spiro atoms. The topological polar surface area (TPSA) is 192 Å². The average molecular weight is 619 g/mol. The summed E-state index contributed by atoms with van der Waals surface area (Å²) in [5.74, 6) is -2.38. The first-order valence-electron chi connectivity index (χ1n) is 13.9. The van der Waals surface area contributed by atoms with E-state index in [1.54, 1.807) is 5.38 Å². The Hall–Kier alpha value is -5.18. The maximum Gasteiger partial charge on any atom is 0.279 e. The van der Waals surface area contributed by atoms with Gasteiger partial charge in [0.15, 0.2) is 11.4 Å². The van der Waals surface area contributed by atoms with E-state index in [0.29, 0.717) is 11.4 Å². The first kappa shape index (κ1) is 30.3. The molecular weight excluding hydrogens is 588 g/mol. The van der Waals surface area contributed by atoms with E-state index in [1.807, 2.05) is 44.2 Å². The number of carbonyl (C=O) groups is 4. The van der Waals surface area contributed by atoms with Gasteiger partial charge >= 0.3 is 0 Å². The van der Waals surface area contributed by atoms with Crippen LogP contribution in [0.25, 0.3) is 0 Å². The molecule has 1 aromatic carbocycles. The number of rotatable bonds is 4. The number of aromatic nitrogens is 4. The quantitative estimate of drug-likeness (QED) is 0.263. The molecule has 4 heterocycles. The number of oxazole rings is 1. The molecule has 1 aliphatic rings. The molecule has 0 aliphatic carbocycles. The van der Waals surface area contributed by atoms with Crippen LogP contribution in [0.2, 0.25) is 0 Å². The van der Waals surface area contributed by atoms with E-state index in [0.717, 1.165) is 10.5 Å². The second-order valence-corrected chi connectivity index (χ2v) is 11.3. The molecule has 14 nitrogen and oxygen atoms in total. The van der Waals surface area contributed by atoms with Crippen molar-refractivity contribution in [3.8, 4) is 0 Å². The maximum absolute atomic E-state index is 13.4. The average Bonchev–Trinajstić information content (AvgIpc) is 3.70. The summed E-state index contributed by atoms with van der Waals surface area (Å²) in [4.78, 5) is 81.4. The van der Waals surface area contributed by atoms with Crippen molar-refractivity contribution in [2.24, 2.45) is 5.92 Å². The fourth-order valence-electron chi connectivity index (χ4n) is 4.58. The number of hydrogen-bond donors (Lipinski definition) is 4. The number of H-pyrrole nitrogens is 1. The van der Waals surface area contributed by atoms with Crippen molar-refractivity contribution in [3.05, 3.63) is 98.3 Å². The van der Waals surface area contributed by atoms with Crippen molar-refractivity contribution < 1.29 is 23.6 Å². The van der Waals surface area contributed by atoms with Gasteiger partial charge in [-0.3, -0.25) is 24.0 Å². The molecule has 0 saturated carbocycles. The van der Waals surface area contributed by atoms with Gasteiger partial charge in [0.05, 0.1) is 12.6 Å². The summed E-state index contributed by atoms with van der Waals surface area (Å²) in [5, 5.41) is 10.6. The number of fused-ring (bicyclic) bond motifs is 4. The lowest BCUT2D eigenvalue weighted by molar-refractivity contribution is -0.122. The van der Waals surface area contributed by atoms with E-state index in [9.17, 15) is 24.0 Å². The third-order valence-corrected chi connectivity index (χ3v) is 7.77. The molecule has 3 aromatic heterocycles. The van der Waals surface area contributed by atoms with Crippen LogP contribution in [0.3, 0.4) is 0 Å². The van der Waals surface area contributed by atoms with Crippen molar-refractivity contribution in [1.29, 1.82) is 0 Å². The van der Waals surface area contributed by atoms with Gasteiger partial charge in [0.25, 0.3) is 23.3 Å². The molecule has 44 heavy (non-hydrogen) atoms. The molecule has 15 heteroatoms. The van der Waals surface area contributed by atoms with Crippen LogP contribution in [0, 0.1) is 5.92 Å². The van der Waals surface area contributed by atoms with Crippen LogP contribution in [0.4, 0.5) is 0 Å². The summed E-state index contributed by atoms with van der Waals surface area (Å²) >= 11 is 1.22. The molecule has 0 saturated heterocycles. The minimum atomic E-state index is -0.785. The number of benzene rings is 1. The molecule has 228 valence electrons. The summed E-state index contributed by atoms with van der Waals surface area (Å²) in [5.41, 5.74) is -0.103. The Morgan fingerprint density at radius 1 is 1.07 bits per heavy atom. The molecule has 4 bridgehead atoms. The summed E-state index contributed by atoms with van der Waals surface area (Å²) in [7, 11) is 0. The molecular formula is C29H30N8O6S. The molecule has 0 radical (unpaired) electrons. The summed E-state index contributed by atoms with van der Waals surface area (Å²) in [6, 6.07) is 8.13. The lowest BCUT2D eigenvalue weighted by atomic mass is 10.0. The van der Waals surface area contributed by atoms with Crippen LogP contribution in [0.1, 0.15) is 73.9 Å². The number of aromatic amines is 1. The Kier molecular flexibility index (Phi) is 9.23. The van der Waals surface area contributed by atoms with E-state index in [4.69, 9.17) is 4.42 Å². The fourth-order valence-corrected chi connectivity index (χ4v) is 5.60. The van der Waals surface area contributed by atoms with Crippen molar-refractivity contribution >= 4 is 35.0 Å². The van der Waals surface area contributed by atoms with E-state index in [-0.39, 0.29) is 36.3 Å². The van der Waals surface area contributed by atoms with Crippen molar-refractivity contribution in [3.63, 3.8) is 0 Å². The monoisotopic (exact) mass is 618 g/mol. The van der Waals surface area contributed by atoms with Gasteiger partial charge < -0.3 is 30.3 Å². The normalized spacial score (nSPS) is 18.2. The van der Waals surface area contributed by atoms with E-state index in [1.165, 1.54) is 30.0 Å². The van der Waals surface area contributed by atoms with E-state index in [2.05, 4.69) is 35.9 Å². The van der Waals surface area contributed by atoms with Crippen LogP contribution < -0.4 is 21.5 Å². The molecule has 0 fully saturated rings. The van der Waals surface area contributed by atoms with Crippen molar-refractivity contribution in [1.82, 2.24) is 40.8 Å². The molecule has 4 amide bonds. The highest BCUT2D eigenvalue weighted by Crippen LogP contribution is 2.26. The van der Waals surface area contributed by atoms with Gasteiger partial charge in [-0.15, -0.1) is 11.3 Å². The van der Waals surface area contributed by atoms with Crippen LogP contribution in [-0.2, 0) is 11.2 Å². The second-order valence-electron chi connectivity index (χ2n) is 10.4. The minimum Gasteiger partial charge on any atom is -0.446 e. The number of nitrogens with zero attached hydrogens (tertiary/aromatic N) is 4. The summed E-state index contributed by atoms with van der Waals surface area (Å²) in [6.45, 7) is 3.17. The second kappa shape index (κ2) is 13.4. The van der Waals surface area contributed by atoms with Gasteiger partial charge in [0, 0.05) is 37.3 Å². The Labute approximate surface area is 255 Å². The maximum atomic E-state index is 13.4. The number of carbonyl (C=O) groups excluding carboxylic acids is 4. The largest absolute Gasteiger partial charge is 0.446 e. The fraction of sp³-hybridized carbons (Fsp3) is 0.310. The van der Waals surface area contributed by atoms with Gasteiger partial charge in [0.2, 0.25) is 11.8 Å². The van der Waals surface area contributed by atoms with Gasteiger partial charge in [-0.2, -0.15) is 0 Å². The highest BCUT2D eigenvalue weighted by Gasteiger charge is 2.29. The van der Waals surface area contributed by atoms with E-state index >= 15 is 0 Å². The first-order valence-corrected chi connectivity index (χ1v) is 14.7. The van der Waals surface area contributed by atoms with Gasteiger partial charge in [-0.05, 0) is 11.5 Å². The van der Waals surface area contributed by atoms with Gasteiger partial charge in [-0.25, -0.2) is 15.0 Å². The summed E-state index contributed by atoms with van der Waals surface area (Å²) < 4.78 is 5.64. The predicted molar refractivity (Wildman–Crippen MR) is 158 cm³/mol.